The lowest BCUT2D eigenvalue weighted by Crippen LogP contribution is -2.54. The Labute approximate surface area is 150 Å². The van der Waals surface area contributed by atoms with E-state index < -0.39 is 0 Å². The van der Waals surface area contributed by atoms with Gasteiger partial charge in [-0.05, 0) is 19.9 Å². The van der Waals surface area contributed by atoms with Crippen molar-refractivity contribution in [2.75, 3.05) is 52.9 Å². The first-order valence-electron chi connectivity index (χ1n) is 8.63. The number of likely N-dealkylation sites (tertiary alicyclic amines) is 1. The average molecular weight is 357 g/mol. The lowest BCUT2D eigenvalue weighted by molar-refractivity contribution is 0.0748. The zero-order valence-electron chi connectivity index (χ0n) is 14.4. The Hall–Kier alpha value is -1.31. The largest absolute Gasteiger partial charge is 0.336 e. The zero-order valence-corrected chi connectivity index (χ0v) is 15.2. The van der Waals surface area contributed by atoms with E-state index in [0.29, 0.717) is 12.6 Å². The van der Waals surface area contributed by atoms with Crippen LogP contribution in [0.1, 0.15) is 12.8 Å². The van der Waals surface area contributed by atoms with Crippen molar-refractivity contribution in [3.63, 3.8) is 0 Å². The first-order chi connectivity index (χ1) is 11.2. The SMILES string of the molecule is CN1CCN(C2CCN(C(=O)NCCn3ccnc3)CC2)CC1.Cl. The van der Waals surface area contributed by atoms with E-state index in [1.165, 1.54) is 0 Å². The van der Waals surface area contributed by atoms with E-state index in [1.54, 1.807) is 12.5 Å². The van der Waals surface area contributed by atoms with Gasteiger partial charge in [0.15, 0.2) is 0 Å². The van der Waals surface area contributed by atoms with E-state index in [2.05, 4.69) is 27.1 Å². The number of rotatable bonds is 4. The minimum absolute atomic E-state index is 0. The summed E-state index contributed by atoms with van der Waals surface area (Å²) in [6, 6.07) is 0.723. The molecule has 3 heterocycles. The lowest BCUT2D eigenvalue weighted by Gasteiger charge is -2.42. The second-order valence-corrected chi connectivity index (χ2v) is 6.59. The zero-order chi connectivity index (χ0) is 16.1. The van der Waals surface area contributed by atoms with Crippen LogP contribution in [-0.2, 0) is 6.54 Å². The second-order valence-electron chi connectivity index (χ2n) is 6.59. The quantitative estimate of drug-likeness (QED) is 0.864. The standard InChI is InChI=1S/C16H28N6O.ClH/c1-19-10-12-21(13-11-19)15-2-6-22(7-3-15)16(23)18-5-9-20-8-4-17-14-20;/h4,8,14-15H,2-3,5-7,9-13H2,1H3,(H,18,23);1H. The molecule has 2 saturated heterocycles. The summed E-state index contributed by atoms with van der Waals surface area (Å²) in [4.78, 5) is 23.2. The van der Waals surface area contributed by atoms with Crippen LogP contribution in [0.3, 0.4) is 0 Å². The maximum Gasteiger partial charge on any atom is 0.317 e. The van der Waals surface area contributed by atoms with Gasteiger partial charge in [-0.25, -0.2) is 9.78 Å². The average Bonchev–Trinajstić information content (AvgIpc) is 3.09. The molecular formula is C16H29ClN6O. The van der Waals surface area contributed by atoms with Gasteiger partial charge < -0.3 is 19.7 Å². The first-order valence-corrected chi connectivity index (χ1v) is 8.63. The highest BCUT2D eigenvalue weighted by Gasteiger charge is 2.28. The number of imidazole rings is 1. The van der Waals surface area contributed by atoms with Crippen LogP contribution in [0.2, 0.25) is 0 Å². The molecule has 0 atom stereocenters. The Morgan fingerprint density at radius 3 is 2.50 bits per heavy atom. The van der Waals surface area contributed by atoms with E-state index in [9.17, 15) is 4.79 Å². The smallest absolute Gasteiger partial charge is 0.317 e. The van der Waals surface area contributed by atoms with Crippen LogP contribution in [0, 0.1) is 0 Å². The summed E-state index contributed by atoms with van der Waals surface area (Å²) in [5.74, 6) is 0. The van der Waals surface area contributed by atoms with Crippen molar-refractivity contribution in [1.82, 2.24) is 29.6 Å². The fourth-order valence-corrected chi connectivity index (χ4v) is 3.44. The summed E-state index contributed by atoms with van der Waals surface area (Å²) in [7, 11) is 2.19. The minimum atomic E-state index is 0. The number of amides is 2. The molecule has 3 rings (SSSR count). The molecule has 7 nitrogen and oxygen atoms in total. The predicted octanol–water partition coefficient (Wildman–Crippen LogP) is 0.726. The van der Waals surface area contributed by atoms with Crippen LogP contribution >= 0.6 is 12.4 Å². The number of carbonyl (C=O) groups is 1. The minimum Gasteiger partial charge on any atom is -0.336 e. The lowest BCUT2D eigenvalue weighted by atomic mass is 10.0. The van der Waals surface area contributed by atoms with E-state index in [1.807, 2.05) is 15.7 Å². The Bertz CT molecular complexity index is 481. The molecule has 1 aromatic rings. The molecule has 0 aromatic carbocycles. The molecule has 2 fully saturated rings. The van der Waals surface area contributed by atoms with Gasteiger partial charge in [-0.3, -0.25) is 4.90 Å². The van der Waals surface area contributed by atoms with Crippen LogP contribution < -0.4 is 5.32 Å². The number of halogens is 1. The highest BCUT2D eigenvalue weighted by atomic mass is 35.5. The summed E-state index contributed by atoms with van der Waals surface area (Å²) in [5.41, 5.74) is 0. The number of hydrogen-bond acceptors (Lipinski definition) is 4. The van der Waals surface area contributed by atoms with E-state index in [4.69, 9.17) is 0 Å². The van der Waals surface area contributed by atoms with Crippen LogP contribution in [0.4, 0.5) is 4.79 Å². The molecule has 0 bridgehead atoms. The van der Waals surface area contributed by atoms with E-state index >= 15 is 0 Å². The summed E-state index contributed by atoms with van der Waals surface area (Å²) >= 11 is 0. The fourth-order valence-electron chi connectivity index (χ4n) is 3.44. The number of aromatic nitrogens is 2. The molecule has 24 heavy (non-hydrogen) atoms. The molecule has 0 radical (unpaired) electrons. The number of nitrogens with zero attached hydrogens (tertiary/aromatic N) is 5. The fraction of sp³-hybridized carbons (Fsp3) is 0.750. The third kappa shape index (κ3) is 5.09. The van der Waals surface area contributed by atoms with Gasteiger partial charge in [0.1, 0.15) is 0 Å². The van der Waals surface area contributed by atoms with Crippen LogP contribution in [0.5, 0.6) is 0 Å². The molecule has 0 saturated carbocycles. The van der Waals surface area contributed by atoms with Gasteiger partial charge in [-0.2, -0.15) is 0 Å². The molecule has 1 aromatic heterocycles. The van der Waals surface area contributed by atoms with Crippen molar-refractivity contribution in [3.8, 4) is 0 Å². The molecule has 136 valence electrons. The maximum absolute atomic E-state index is 12.2. The molecular weight excluding hydrogens is 328 g/mol. The Morgan fingerprint density at radius 2 is 1.88 bits per heavy atom. The predicted molar refractivity (Wildman–Crippen MR) is 96.5 cm³/mol. The Kier molecular flexibility index (Phi) is 7.33. The summed E-state index contributed by atoms with van der Waals surface area (Å²) in [6.07, 6.45) is 7.63. The molecule has 2 aliphatic heterocycles. The van der Waals surface area contributed by atoms with Gasteiger partial charge in [0, 0.05) is 70.8 Å². The topological polar surface area (TPSA) is 56.6 Å². The van der Waals surface area contributed by atoms with Gasteiger partial charge in [-0.15, -0.1) is 12.4 Å². The number of nitrogens with one attached hydrogen (secondary N) is 1. The number of urea groups is 1. The molecule has 2 amide bonds. The van der Waals surface area contributed by atoms with Crippen molar-refractivity contribution in [1.29, 1.82) is 0 Å². The number of piperidine rings is 1. The van der Waals surface area contributed by atoms with Crippen molar-refractivity contribution in [3.05, 3.63) is 18.7 Å². The van der Waals surface area contributed by atoms with E-state index in [0.717, 1.165) is 58.7 Å². The van der Waals surface area contributed by atoms with Crippen molar-refractivity contribution < 1.29 is 4.79 Å². The van der Waals surface area contributed by atoms with Gasteiger partial charge in [0.25, 0.3) is 0 Å². The van der Waals surface area contributed by atoms with Crippen LogP contribution in [0.25, 0.3) is 0 Å². The van der Waals surface area contributed by atoms with Crippen molar-refractivity contribution >= 4 is 18.4 Å². The molecule has 0 unspecified atom stereocenters. The maximum atomic E-state index is 12.2. The third-order valence-electron chi connectivity index (χ3n) is 5.01. The molecule has 0 aliphatic carbocycles. The van der Waals surface area contributed by atoms with Gasteiger partial charge >= 0.3 is 6.03 Å². The highest BCUT2D eigenvalue weighted by Crippen LogP contribution is 2.18. The summed E-state index contributed by atoms with van der Waals surface area (Å²) in [6.45, 7) is 7.80. The first kappa shape index (κ1) is 19.0. The summed E-state index contributed by atoms with van der Waals surface area (Å²) in [5, 5.41) is 3.01. The van der Waals surface area contributed by atoms with Crippen molar-refractivity contribution in [2.45, 2.75) is 25.4 Å². The number of carbonyl (C=O) groups excluding carboxylic acids is 1. The second kappa shape index (κ2) is 9.25. The molecule has 1 N–H and O–H groups in total. The van der Waals surface area contributed by atoms with Gasteiger partial charge in [0.2, 0.25) is 0 Å². The van der Waals surface area contributed by atoms with Gasteiger partial charge in [-0.1, -0.05) is 0 Å². The molecule has 0 spiro atoms. The van der Waals surface area contributed by atoms with E-state index in [-0.39, 0.29) is 18.4 Å². The van der Waals surface area contributed by atoms with Crippen LogP contribution in [-0.4, -0.2) is 89.2 Å². The number of likely N-dealkylation sites (N-methyl/N-ethyl adjacent to an activating group) is 1. The molecule has 8 heteroatoms. The molecule has 2 aliphatic rings. The Balaban J connectivity index is 0.00000208. The number of hydrogen-bond donors (Lipinski definition) is 1. The number of piperazine rings is 1. The normalized spacial score (nSPS) is 20.6. The highest BCUT2D eigenvalue weighted by molar-refractivity contribution is 5.85. The van der Waals surface area contributed by atoms with Crippen LogP contribution in [0.15, 0.2) is 18.7 Å². The van der Waals surface area contributed by atoms with Gasteiger partial charge in [0.05, 0.1) is 6.33 Å². The summed E-state index contributed by atoms with van der Waals surface area (Å²) < 4.78 is 1.97. The monoisotopic (exact) mass is 356 g/mol. The Morgan fingerprint density at radius 1 is 1.17 bits per heavy atom. The van der Waals surface area contributed by atoms with Crippen molar-refractivity contribution in [2.24, 2.45) is 0 Å². The third-order valence-corrected chi connectivity index (χ3v) is 5.01.